The van der Waals surface area contributed by atoms with Crippen LogP contribution in [0, 0.1) is 5.92 Å². The summed E-state index contributed by atoms with van der Waals surface area (Å²) in [4.78, 5) is 0. The zero-order valence-corrected chi connectivity index (χ0v) is 10.4. The summed E-state index contributed by atoms with van der Waals surface area (Å²) in [6.45, 7) is 0. The standard InChI is InChI=1S/C17H20/c1-2-6-14(7-3-1)16-10-12-17(13-11-16)15-8-4-5-9-15/h4-5,8-12,14H,1-3,6-7,13H2. The van der Waals surface area contributed by atoms with Crippen molar-refractivity contribution in [3.63, 3.8) is 0 Å². The van der Waals surface area contributed by atoms with Gasteiger partial charge in [0.25, 0.3) is 0 Å². The van der Waals surface area contributed by atoms with E-state index < -0.39 is 0 Å². The van der Waals surface area contributed by atoms with Crippen molar-refractivity contribution >= 4 is 0 Å². The highest BCUT2D eigenvalue weighted by Crippen LogP contribution is 2.33. The van der Waals surface area contributed by atoms with Gasteiger partial charge >= 0.3 is 0 Å². The van der Waals surface area contributed by atoms with E-state index in [4.69, 9.17) is 0 Å². The Balaban J connectivity index is 1.72. The zero-order chi connectivity index (χ0) is 11.5. The average Bonchev–Trinajstić information content (AvgIpc) is 2.94. The van der Waals surface area contributed by atoms with E-state index in [9.17, 15) is 0 Å². The van der Waals surface area contributed by atoms with Crippen molar-refractivity contribution in [2.45, 2.75) is 38.5 Å². The lowest BCUT2D eigenvalue weighted by Gasteiger charge is -2.24. The summed E-state index contributed by atoms with van der Waals surface area (Å²) in [5, 5.41) is 0. The number of hydrogen-bond acceptors (Lipinski definition) is 0. The zero-order valence-electron chi connectivity index (χ0n) is 10.4. The Morgan fingerprint density at radius 1 is 0.824 bits per heavy atom. The fourth-order valence-electron chi connectivity index (χ4n) is 3.10. The third-order valence-electron chi connectivity index (χ3n) is 4.14. The second kappa shape index (κ2) is 4.91. The normalized spacial score (nSPS) is 24.6. The van der Waals surface area contributed by atoms with Crippen LogP contribution < -0.4 is 0 Å². The quantitative estimate of drug-likeness (QED) is 0.595. The molecule has 17 heavy (non-hydrogen) atoms. The summed E-state index contributed by atoms with van der Waals surface area (Å²) >= 11 is 0. The number of rotatable bonds is 1. The van der Waals surface area contributed by atoms with E-state index in [1.165, 1.54) is 43.3 Å². The van der Waals surface area contributed by atoms with Crippen LogP contribution in [0.2, 0.25) is 0 Å². The lowest BCUT2D eigenvalue weighted by atomic mass is 9.81. The summed E-state index contributed by atoms with van der Waals surface area (Å²) in [5.41, 5.74) is 4.45. The van der Waals surface area contributed by atoms with Crippen molar-refractivity contribution in [3.05, 3.63) is 59.3 Å². The summed E-state index contributed by atoms with van der Waals surface area (Å²) in [7, 11) is 0. The molecule has 88 valence electrons. The Bertz CT molecular complexity index is 421. The van der Waals surface area contributed by atoms with Crippen molar-refractivity contribution < 1.29 is 0 Å². The van der Waals surface area contributed by atoms with Gasteiger partial charge in [-0.15, -0.1) is 0 Å². The van der Waals surface area contributed by atoms with Crippen LogP contribution in [0.15, 0.2) is 59.3 Å². The molecule has 1 fully saturated rings. The molecule has 0 spiro atoms. The van der Waals surface area contributed by atoms with Crippen LogP contribution in [0.4, 0.5) is 0 Å². The monoisotopic (exact) mass is 224 g/mol. The summed E-state index contributed by atoms with van der Waals surface area (Å²) in [6.07, 6.45) is 24.0. The van der Waals surface area contributed by atoms with E-state index in [1.807, 2.05) is 0 Å². The second-order valence-electron chi connectivity index (χ2n) is 5.28. The molecule has 0 N–H and O–H groups in total. The highest BCUT2D eigenvalue weighted by atomic mass is 14.2. The second-order valence-corrected chi connectivity index (χ2v) is 5.28. The van der Waals surface area contributed by atoms with Crippen molar-refractivity contribution in [3.8, 4) is 0 Å². The van der Waals surface area contributed by atoms with E-state index in [2.05, 4.69) is 42.5 Å². The molecule has 0 saturated heterocycles. The Kier molecular flexibility index (Phi) is 3.13. The van der Waals surface area contributed by atoms with Crippen molar-refractivity contribution in [2.75, 3.05) is 0 Å². The van der Waals surface area contributed by atoms with E-state index in [0.29, 0.717) is 0 Å². The first kappa shape index (κ1) is 10.8. The molecule has 0 aliphatic heterocycles. The SMILES string of the molecule is C1=CC(=C2C=CC(C3CCCCC3)=CC2)C=C1. The molecular formula is C17H20. The molecule has 0 atom stereocenters. The van der Waals surface area contributed by atoms with Gasteiger partial charge in [0.2, 0.25) is 0 Å². The molecule has 0 nitrogen and oxygen atoms in total. The maximum Gasteiger partial charge on any atom is -0.00856 e. The smallest absolute Gasteiger partial charge is 0.00856 e. The van der Waals surface area contributed by atoms with Gasteiger partial charge in [-0.2, -0.15) is 0 Å². The summed E-state index contributed by atoms with van der Waals surface area (Å²) in [6, 6.07) is 0. The molecule has 0 heteroatoms. The molecule has 0 aromatic rings. The minimum Gasteiger partial charge on any atom is -0.0766 e. The number of hydrogen-bond donors (Lipinski definition) is 0. The van der Waals surface area contributed by atoms with E-state index >= 15 is 0 Å². The van der Waals surface area contributed by atoms with Gasteiger partial charge in [0.15, 0.2) is 0 Å². The molecule has 0 aromatic carbocycles. The van der Waals surface area contributed by atoms with Crippen LogP contribution in [0.25, 0.3) is 0 Å². The third-order valence-corrected chi connectivity index (χ3v) is 4.14. The Hall–Kier alpha value is -1.30. The lowest BCUT2D eigenvalue weighted by Crippen LogP contribution is -2.09. The van der Waals surface area contributed by atoms with Crippen LogP contribution >= 0.6 is 0 Å². The summed E-state index contributed by atoms with van der Waals surface area (Å²) in [5.74, 6) is 0.848. The molecule has 0 unspecified atom stereocenters. The molecule has 3 aliphatic rings. The summed E-state index contributed by atoms with van der Waals surface area (Å²) < 4.78 is 0. The Morgan fingerprint density at radius 2 is 1.59 bits per heavy atom. The fourth-order valence-corrected chi connectivity index (χ4v) is 3.10. The van der Waals surface area contributed by atoms with Gasteiger partial charge in [-0.1, -0.05) is 61.8 Å². The topological polar surface area (TPSA) is 0 Å². The van der Waals surface area contributed by atoms with Gasteiger partial charge in [-0.3, -0.25) is 0 Å². The fraction of sp³-hybridized carbons (Fsp3) is 0.412. The molecule has 0 aromatic heterocycles. The molecule has 0 radical (unpaired) electrons. The molecule has 3 aliphatic carbocycles. The van der Waals surface area contributed by atoms with Gasteiger partial charge in [0.1, 0.15) is 0 Å². The maximum atomic E-state index is 2.46. The predicted octanol–water partition coefficient (Wildman–Crippen LogP) is 4.88. The first-order chi connectivity index (χ1) is 8.43. The molecule has 0 amide bonds. The van der Waals surface area contributed by atoms with Crippen LogP contribution in [0.1, 0.15) is 38.5 Å². The molecule has 0 heterocycles. The first-order valence-electron chi connectivity index (χ1n) is 6.89. The van der Waals surface area contributed by atoms with Crippen LogP contribution in [0.3, 0.4) is 0 Å². The maximum absolute atomic E-state index is 2.46. The molecule has 3 rings (SSSR count). The van der Waals surface area contributed by atoms with Crippen molar-refractivity contribution in [2.24, 2.45) is 5.92 Å². The van der Waals surface area contributed by atoms with Crippen LogP contribution in [-0.4, -0.2) is 0 Å². The Morgan fingerprint density at radius 3 is 2.24 bits per heavy atom. The van der Waals surface area contributed by atoms with Gasteiger partial charge in [0.05, 0.1) is 0 Å². The predicted molar refractivity (Wildman–Crippen MR) is 73.7 cm³/mol. The molecule has 0 bridgehead atoms. The minimum atomic E-state index is 0.848. The highest BCUT2D eigenvalue weighted by Gasteiger charge is 2.17. The van der Waals surface area contributed by atoms with Crippen molar-refractivity contribution in [1.82, 2.24) is 0 Å². The van der Waals surface area contributed by atoms with Gasteiger partial charge < -0.3 is 0 Å². The molecule has 1 saturated carbocycles. The highest BCUT2D eigenvalue weighted by molar-refractivity contribution is 5.50. The first-order valence-corrected chi connectivity index (χ1v) is 6.89. The number of allylic oxidation sites excluding steroid dienone is 10. The largest absolute Gasteiger partial charge is 0.0766 e. The van der Waals surface area contributed by atoms with Crippen LogP contribution in [0.5, 0.6) is 0 Å². The molecular weight excluding hydrogens is 204 g/mol. The van der Waals surface area contributed by atoms with Gasteiger partial charge in [-0.05, 0) is 41.9 Å². The van der Waals surface area contributed by atoms with Gasteiger partial charge in [-0.25, -0.2) is 0 Å². The van der Waals surface area contributed by atoms with E-state index in [1.54, 1.807) is 5.57 Å². The third kappa shape index (κ3) is 2.36. The van der Waals surface area contributed by atoms with Crippen molar-refractivity contribution in [1.29, 1.82) is 0 Å². The van der Waals surface area contributed by atoms with Gasteiger partial charge in [0, 0.05) is 0 Å². The lowest BCUT2D eigenvalue weighted by molar-refractivity contribution is 0.407. The van der Waals surface area contributed by atoms with E-state index in [-0.39, 0.29) is 0 Å². The average molecular weight is 224 g/mol. The van der Waals surface area contributed by atoms with E-state index in [0.717, 1.165) is 12.3 Å². The van der Waals surface area contributed by atoms with Crippen LogP contribution in [-0.2, 0) is 0 Å². The minimum absolute atomic E-state index is 0.848. The Labute approximate surface area is 104 Å².